The van der Waals surface area contributed by atoms with Crippen LogP contribution in [0.1, 0.15) is 88.7 Å². The third kappa shape index (κ3) is 6.54. The third-order valence-corrected chi connectivity index (χ3v) is 6.68. The van der Waals surface area contributed by atoms with Gasteiger partial charge in [0.15, 0.2) is 0 Å². The van der Waals surface area contributed by atoms with E-state index in [4.69, 9.17) is 9.47 Å². The van der Waals surface area contributed by atoms with Crippen LogP contribution < -0.4 is 5.32 Å². The Labute approximate surface area is 208 Å². The maximum atomic E-state index is 13.9. The molecule has 1 aliphatic carbocycles. The smallest absolute Gasteiger partial charge is 0.407 e. The van der Waals surface area contributed by atoms with Crippen LogP contribution >= 0.6 is 0 Å². The van der Waals surface area contributed by atoms with Crippen molar-refractivity contribution < 1.29 is 29.0 Å². The normalized spacial score (nSPS) is 22.9. The molecule has 1 fully saturated rings. The molecule has 0 saturated heterocycles. The zero-order valence-corrected chi connectivity index (χ0v) is 21.6. The number of aliphatic carboxylic acids is 1. The van der Waals surface area contributed by atoms with E-state index < -0.39 is 35.2 Å². The molecule has 3 rings (SSSR count). The van der Waals surface area contributed by atoms with Gasteiger partial charge in [0.1, 0.15) is 11.7 Å². The summed E-state index contributed by atoms with van der Waals surface area (Å²) in [6.07, 6.45) is 2.77. The molecule has 8 nitrogen and oxygen atoms in total. The number of unbranched alkanes of at least 4 members (excludes halogenated alkanes) is 1. The van der Waals surface area contributed by atoms with E-state index in [1.165, 1.54) is 0 Å². The molecule has 1 saturated carbocycles. The average Bonchev–Trinajstić information content (AvgIpc) is 3.60. The molecule has 0 spiro atoms. The van der Waals surface area contributed by atoms with E-state index in [0.717, 1.165) is 31.2 Å². The van der Waals surface area contributed by atoms with Crippen molar-refractivity contribution in [1.82, 2.24) is 10.2 Å². The molecule has 3 atom stereocenters. The maximum Gasteiger partial charge on any atom is 0.407 e. The van der Waals surface area contributed by atoms with E-state index in [9.17, 15) is 19.5 Å². The first kappa shape index (κ1) is 27.0. The second kappa shape index (κ2) is 11.0. The van der Waals surface area contributed by atoms with Gasteiger partial charge in [-0.25, -0.2) is 4.79 Å². The summed E-state index contributed by atoms with van der Waals surface area (Å²) in [5, 5.41) is 12.7. The van der Waals surface area contributed by atoms with Gasteiger partial charge in [0, 0.05) is 25.3 Å². The fourth-order valence-electron chi connectivity index (χ4n) is 4.75. The van der Waals surface area contributed by atoms with E-state index in [-0.39, 0.29) is 18.9 Å². The summed E-state index contributed by atoms with van der Waals surface area (Å²) in [6, 6.07) is 7.39. The molecule has 1 heterocycles. The van der Waals surface area contributed by atoms with E-state index in [1.807, 2.05) is 18.2 Å². The summed E-state index contributed by atoms with van der Waals surface area (Å²) in [4.78, 5) is 40.4. The van der Waals surface area contributed by atoms with Crippen molar-refractivity contribution in [2.75, 3.05) is 19.7 Å². The lowest BCUT2D eigenvalue weighted by atomic mass is 9.74. The number of rotatable bonds is 11. The molecule has 2 aliphatic rings. The number of fused-ring (bicyclic) bond motifs is 1. The van der Waals surface area contributed by atoms with Gasteiger partial charge in [0.05, 0.1) is 11.5 Å². The van der Waals surface area contributed by atoms with E-state index >= 15 is 0 Å². The Kier molecular flexibility index (Phi) is 8.46. The van der Waals surface area contributed by atoms with Gasteiger partial charge in [-0.15, -0.1) is 0 Å². The zero-order chi connectivity index (χ0) is 25.8. The maximum absolute atomic E-state index is 13.9. The van der Waals surface area contributed by atoms with Crippen molar-refractivity contribution in [3.63, 3.8) is 0 Å². The fourth-order valence-corrected chi connectivity index (χ4v) is 4.75. The number of nitrogens with one attached hydrogen (secondary N) is 1. The lowest BCUT2D eigenvalue weighted by Gasteiger charge is -2.53. The Bertz CT molecular complexity index is 922. The van der Waals surface area contributed by atoms with Crippen LogP contribution in [0.4, 0.5) is 4.79 Å². The van der Waals surface area contributed by atoms with Gasteiger partial charge in [-0.3, -0.25) is 9.59 Å². The van der Waals surface area contributed by atoms with E-state index in [2.05, 4.69) is 12.2 Å². The van der Waals surface area contributed by atoms with Crippen molar-refractivity contribution in [2.45, 2.75) is 84.0 Å². The minimum absolute atomic E-state index is 0.0309. The molecule has 0 radical (unpaired) electrons. The van der Waals surface area contributed by atoms with Crippen LogP contribution in [0.2, 0.25) is 0 Å². The lowest BCUT2D eigenvalue weighted by Crippen LogP contribution is -2.65. The first-order valence-corrected chi connectivity index (χ1v) is 12.7. The summed E-state index contributed by atoms with van der Waals surface area (Å²) in [6.45, 7) is 10.1. The SMILES string of the molecule is CCCCOC1c2ccccc2C(=O)N(CC2CC2)C1(CNC(=O)OC(C)(C)C)CC(C)C(=O)O. The molecule has 0 aromatic heterocycles. The Hall–Kier alpha value is -2.61. The first-order chi connectivity index (χ1) is 16.5. The van der Waals surface area contributed by atoms with Crippen LogP contribution in [-0.4, -0.2) is 58.8 Å². The number of carboxylic acid groups (broad SMARTS) is 1. The monoisotopic (exact) mass is 488 g/mol. The fraction of sp³-hybridized carbons (Fsp3) is 0.667. The Balaban J connectivity index is 2.10. The molecular weight excluding hydrogens is 448 g/mol. The summed E-state index contributed by atoms with van der Waals surface area (Å²) in [7, 11) is 0. The Morgan fingerprint density at radius 3 is 2.54 bits per heavy atom. The molecule has 3 unspecified atom stereocenters. The number of carbonyl (C=O) groups excluding carboxylic acids is 2. The third-order valence-electron chi connectivity index (χ3n) is 6.68. The number of ether oxygens (including phenoxy) is 2. The molecule has 1 aromatic carbocycles. The molecule has 8 heteroatoms. The van der Waals surface area contributed by atoms with Crippen LogP contribution in [-0.2, 0) is 14.3 Å². The number of carboxylic acids is 1. The first-order valence-electron chi connectivity index (χ1n) is 12.7. The number of benzene rings is 1. The average molecular weight is 489 g/mol. The van der Waals surface area contributed by atoms with Gasteiger partial charge >= 0.3 is 12.1 Å². The molecule has 35 heavy (non-hydrogen) atoms. The number of hydrogen-bond donors (Lipinski definition) is 2. The van der Waals surface area contributed by atoms with Crippen molar-refractivity contribution >= 4 is 18.0 Å². The van der Waals surface area contributed by atoms with Crippen molar-refractivity contribution in [1.29, 1.82) is 0 Å². The van der Waals surface area contributed by atoms with Gasteiger partial charge in [0.25, 0.3) is 5.91 Å². The molecule has 194 valence electrons. The highest BCUT2D eigenvalue weighted by atomic mass is 16.6. The second-order valence-electron chi connectivity index (χ2n) is 11.0. The zero-order valence-electron chi connectivity index (χ0n) is 21.6. The van der Waals surface area contributed by atoms with Gasteiger partial charge in [-0.1, -0.05) is 38.5 Å². The number of alkyl carbamates (subject to hydrolysis) is 1. The number of amides is 2. The summed E-state index contributed by atoms with van der Waals surface area (Å²) < 4.78 is 12.0. The summed E-state index contributed by atoms with van der Waals surface area (Å²) >= 11 is 0. The van der Waals surface area contributed by atoms with Crippen LogP contribution in [0.3, 0.4) is 0 Å². The van der Waals surface area contributed by atoms with Crippen molar-refractivity contribution in [2.24, 2.45) is 11.8 Å². The minimum Gasteiger partial charge on any atom is -0.481 e. The van der Waals surface area contributed by atoms with Crippen LogP contribution in [0.25, 0.3) is 0 Å². The molecular formula is C27H40N2O6. The van der Waals surface area contributed by atoms with Gasteiger partial charge < -0.3 is 24.8 Å². The summed E-state index contributed by atoms with van der Waals surface area (Å²) in [5.41, 5.74) is -0.448. The second-order valence-corrected chi connectivity index (χ2v) is 11.0. The highest BCUT2D eigenvalue weighted by molar-refractivity contribution is 5.98. The highest BCUT2D eigenvalue weighted by Gasteiger charge is 2.54. The van der Waals surface area contributed by atoms with Crippen LogP contribution in [0.5, 0.6) is 0 Å². The quantitative estimate of drug-likeness (QED) is 0.434. The van der Waals surface area contributed by atoms with Crippen LogP contribution in [0.15, 0.2) is 24.3 Å². The largest absolute Gasteiger partial charge is 0.481 e. The van der Waals surface area contributed by atoms with E-state index in [1.54, 1.807) is 38.7 Å². The summed E-state index contributed by atoms with van der Waals surface area (Å²) in [5.74, 6) is -1.49. The predicted molar refractivity (Wildman–Crippen MR) is 132 cm³/mol. The molecule has 2 N–H and O–H groups in total. The van der Waals surface area contributed by atoms with Gasteiger partial charge in [0.2, 0.25) is 0 Å². The number of hydrogen-bond acceptors (Lipinski definition) is 5. The standard InChI is InChI=1S/C27H40N2O6/c1-6-7-14-34-22-20-10-8-9-11-21(20)23(30)29(16-19-12-13-19)27(22,15-18(2)24(31)32)17-28-25(33)35-26(3,4)5/h8-11,18-19,22H,6-7,12-17H2,1-5H3,(H,28,33)(H,31,32). The molecule has 1 aliphatic heterocycles. The number of carbonyl (C=O) groups is 3. The minimum atomic E-state index is -1.07. The lowest BCUT2D eigenvalue weighted by molar-refractivity contribution is -0.144. The van der Waals surface area contributed by atoms with Gasteiger partial charge in [-0.2, -0.15) is 0 Å². The Morgan fingerprint density at radius 1 is 1.26 bits per heavy atom. The molecule has 2 amide bonds. The highest BCUT2D eigenvalue weighted by Crippen LogP contribution is 2.47. The predicted octanol–water partition coefficient (Wildman–Crippen LogP) is 4.78. The van der Waals surface area contributed by atoms with Crippen molar-refractivity contribution in [3.05, 3.63) is 35.4 Å². The van der Waals surface area contributed by atoms with Crippen LogP contribution in [0, 0.1) is 11.8 Å². The molecule has 0 bridgehead atoms. The topological polar surface area (TPSA) is 105 Å². The number of nitrogens with zero attached hydrogens (tertiary/aromatic N) is 1. The molecule has 1 aromatic rings. The Morgan fingerprint density at radius 2 is 1.94 bits per heavy atom. The van der Waals surface area contributed by atoms with Crippen molar-refractivity contribution in [3.8, 4) is 0 Å². The van der Waals surface area contributed by atoms with E-state index in [0.29, 0.717) is 24.6 Å². The van der Waals surface area contributed by atoms with Gasteiger partial charge in [-0.05, 0) is 64.0 Å².